The van der Waals surface area contributed by atoms with Crippen LogP contribution in [0.25, 0.3) is 0 Å². The van der Waals surface area contributed by atoms with Crippen LogP contribution in [0.2, 0.25) is 5.02 Å². The first-order chi connectivity index (χ1) is 9.17. The van der Waals surface area contributed by atoms with E-state index in [0.717, 1.165) is 17.7 Å². The number of carbonyl (C=O) groups is 1. The lowest BCUT2D eigenvalue weighted by Crippen LogP contribution is -2.14. The summed E-state index contributed by atoms with van der Waals surface area (Å²) in [5.74, 6) is -0.0180. The average molecular weight is 274 g/mol. The summed E-state index contributed by atoms with van der Waals surface area (Å²) in [6.45, 7) is 2.09. The van der Waals surface area contributed by atoms with E-state index in [1.807, 2.05) is 30.3 Å². The van der Waals surface area contributed by atoms with Crippen molar-refractivity contribution in [3.8, 4) is 0 Å². The van der Waals surface area contributed by atoms with Crippen molar-refractivity contribution in [3.63, 3.8) is 0 Å². The van der Waals surface area contributed by atoms with Gasteiger partial charge in [-0.25, -0.2) is 0 Å². The van der Waals surface area contributed by atoms with Gasteiger partial charge < -0.3 is 5.32 Å². The van der Waals surface area contributed by atoms with E-state index < -0.39 is 0 Å². The molecule has 19 heavy (non-hydrogen) atoms. The Morgan fingerprint density at radius 2 is 1.84 bits per heavy atom. The van der Waals surface area contributed by atoms with Gasteiger partial charge in [-0.3, -0.25) is 4.79 Å². The van der Waals surface area contributed by atoms with Crippen molar-refractivity contribution in [1.29, 1.82) is 0 Å². The Hall–Kier alpha value is -1.80. The molecule has 2 aromatic rings. The van der Waals surface area contributed by atoms with Gasteiger partial charge in [0.25, 0.3) is 0 Å². The van der Waals surface area contributed by atoms with E-state index in [2.05, 4.69) is 18.3 Å². The van der Waals surface area contributed by atoms with Crippen molar-refractivity contribution in [3.05, 3.63) is 64.7 Å². The van der Waals surface area contributed by atoms with Crippen LogP contribution >= 0.6 is 11.6 Å². The Morgan fingerprint density at radius 3 is 2.53 bits per heavy atom. The molecule has 2 rings (SSSR count). The number of amides is 1. The molecule has 0 atom stereocenters. The zero-order valence-corrected chi connectivity index (χ0v) is 11.6. The molecule has 0 aliphatic heterocycles. The van der Waals surface area contributed by atoms with Crippen LogP contribution in [0.4, 0.5) is 5.69 Å². The predicted molar refractivity (Wildman–Crippen MR) is 79.6 cm³/mol. The highest BCUT2D eigenvalue weighted by Crippen LogP contribution is 2.13. The third kappa shape index (κ3) is 4.11. The van der Waals surface area contributed by atoms with Crippen LogP contribution in [0.15, 0.2) is 48.5 Å². The first kappa shape index (κ1) is 13.6. The quantitative estimate of drug-likeness (QED) is 0.893. The van der Waals surface area contributed by atoms with E-state index >= 15 is 0 Å². The second-order valence-electron chi connectivity index (χ2n) is 4.41. The van der Waals surface area contributed by atoms with Crippen molar-refractivity contribution in [2.45, 2.75) is 19.8 Å². The van der Waals surface area contributed by atoms with Crippen molar-refractivity contribution in [2.24, 2.45) is 0 Å². The molecule has 98 valence electrons. The van der Waals surface area contributed by atoms with Gasteiger partial charge in [0.05, 0.1) is 6.42 Å². The van der Waals surface area contributed by atoms with Crippen LogP contribution in [0.5, 0.6) is 0 Å². The van der Waals surface area contributed by atoms with Crippen LogP contribution in [0.1, 0.15) is 18.1 Å². The van der Waals surface area contributed by atoms with Crippen molar-refractivity contribution in [1.82, 2.24) is 0 Å². The number of halogens is 1. The average Bonchev–Trinajstić information content (AvgIpc) is 2.41. The first-order valence-corrected chi connectivity index (χ1v) is 6.68. The summed E-state index contributed by atoms with van der Waals surface area (Å²) in [4.78, 5) is 11.9. The standard InChI is InChI=1S/C16H16ClNO/c1-2-12-4-3-5-15(10-12)18-16(19)11-13-6-8-14(17)9-7-13/h3-10H,2,11H2,1H3,(H,18,19). The lowest BCUT2D eigenvalue weighted by molar-refractivity contribution is -0.115. The molecule has 0 heterocycles. The number of hydrogen-bond acceptors (Lipinski definition) is 1. The first-order valence-electron chi connectivity index (χ1n) is 6.30. The van der Waals surface area contributed by atoms with E-state index in [0.29, 0.717) is 11.4 Å². The maximum Gasteiger partial charge on any atom is 0.228 e. The molecule has 1 N–H and O–H groups in total. The summed E-state index contributed by atoms with van der Waals surface area (Å²) >= 11 is 5.81. The fourth-order valence-electron chi connectivity index (χ4n) is 1.86. The summed E-state index contributed by atoms with van der Waals surface area (Å²) in [5, 5.41) is 3.59. The van der Waals surface area contributed by atoms with Gasteiger partial charge in [-0.05, 0) is 41.8 Å². The molecule has 0 bridgehead atoms. The second-order valence-corrected chi connectivity index (χ2v) is 4.84. The van der Waals surface area contributed by atoms with Crippen molar-refractivity contribution >= 4 is 23.2 Å². The molecule has 0 radical (unpaired) electrons. The van der Waals surface area contributed by atoms with Crippen LogP contribution in [-0.2, 0) is 17.6 Å². The molecule has 3 heteroatoms. The maximum atomic E-state index is 11.9. The maximum absolute atomic E-state index is 11.9. The van der Waals surface area contributed by atoms with E-state index in [-0.39, 0.29) is 5.91 Å². The normalized spacial score (nSPS) is 10.2. The van der Waals surface area contributed by atoms with Crippen LogP contribution in [0, 0.1) is 0 Å². The van der Waals surface area contributed by atoms with Gasteiger partial charge in [-0.1, -0.05) is 42.8 Å². The minimum absolute atomic E-state index is 0.0180. The van der Waals surface area contributed by atoms with Crippen molar-refractivity contribution < 1.29 is 4.79 Å². The summed E-state index contributed by atoms with van der Waals surface area (Å²) in [6, 6.07) is 15.2. The molecular weight excluding hydrogens is 258 g/mol. The van der Waals surface area contributed by atoms with E-state index in [9.17, 15) is 4.79 Å². The van der Waals surface area contributed by atoms with E-state index in [1.165, 1.54) is 5.56 Å². The highest BCUT2D eigenvalue weighted by atomic mass is 35.5. The van der Waals surface area contributed by atoms with Gasteiger partial charge in [0.15, 0.2) is 0 Å². The number of hydrogen-bond donors (Lipinski definition) is 1. The molecule has 0 aliphatic rings. The Kier molecular flexibility index (Phi) is 4.58. The molecule has 0 unspecified atom stereocenters. The fraction of sp³-hybridized carbons (Fsp3) is 0.188. The Balaban J connectivity index is 1.99. The molecule has 2 nitrogen and oxygen atoms in total. The molecule has 0 saturated heterocycles. The Morgan fingerprint density at radius 1 is 1.11 bits per heavy atom. The van der Waals surface area contributed by atoms with Gasteiger partial charge in [-0.2, -0.15) is 0 Å². The van der Waals surface area contributed by atoms with E-state index in [1.54, 1.807) is 12.1 Å². The largest absolute Gasteiger partial charge is 0.326 e. The smallest absolute Gasteiger partial charge is 0.228 e. The molecule has 0 fully saturated rings. The molecule has 0 aliphatic carbocycles. The lowest BCUT2D eigenvalue weighted by Gasteiger charge is -2.07. The highest BCUT2D eigenvalue weighted by molar-refractivity contribution is 6.30. The minimum atomic E-state index is -0.0180. The Bertz CT molecular complexity index is 563. The van der Waals surface area contributed by atoms with Gasteiger partial charge >= 0.3 is 0 Å². The topological polar surface area (TPSA) is 29.1 Å². The molecular formula is C16H16ClNO. The summed E-state index contributed by atoms with van der Waals surface area (Å²) in [6.07, 6.45) is 1.31. The number of aryl methyl sites for hydroxylation is 1. The highest BCUT2D eigenvalue weighted by Gasteiger charge is 2.04. The van der Waals surface area contributed by atoms with Gasteiger partial charge in [0.2, 0.25) is 5.91 Å². The SMILES string of the molecule is CCc1cccc(NC(=O)Cc2ccc(Cl)cc2)c1. The zero-order chi connectivity index (χ0) is 13.7. The fourth-order valence-corrected chi connectivity index (χ4v) is 1.99. The van der Waals surface area contributed by atoms with Crippen LogP contribution < -0.4 is 5.32 Å². The number of nitrogens with one attached hydrogen (secondary N) is 1. The molecule has 2 aromatic carbocycles. The Labute approximate surface area is 118 Å². The summed E-state index contributed by atoms with van der Waals surface area (Å²) in [7, 11) is 0. The monoisotopic (exact) mass is 273 g/mol. The summed E-state index contributed by atoms with van der Waals surface area (Å²) in [5.41, 5.74) is 3.01. The van der Waals surface area contributed by atoms with Crippen molar-refractivity contribution in [2.75, 3.05) is 5.32 Å². The van der Waals surface area contributed by atoms with Gasteiger partial charge in [0.1, 0.15) is 0 Å². The number of rotatable bonds is 4. The predicted octanol–water partition coefficient (Wildman–Crippen LogP) is 4.08. The molecule has 0 spiro atoms. The molecule has 0 aromatic heterocycles. The zero-order valence-electron chi connectivity index (χ0n) is 10.8. The number of anilines is 1. The van der Waals surface area contributed by atoms with Crippen LogP contribution in [-0.4, -0.2) is 5.91 Å². The van der Waals surface area contributed by atoms with E-state index in [4.69, 9.17) is 11.6 Å². The third-order valence-corrected chi connectivity index (χ3v) is 3.15. The van der Waals surface area contributed by atoms with Gasteiger partial charge in [-0.15, -0.1) is 0 Å². The number of carbonyl (C=O) groups excluding carboxylic acids is 1. The second kappa shape index (κ2) is 6.39. The number of benzene rings is 2. The van der Waals surface area contributed by atoms with Crippen LogP contribution in [0.3, 0.4) is 0 Å². The summed E-state index contributed by atoms with van der Waals surface area (Å²) < 4.78 is 0. The minimum Gasteiger partial charge on any atom is -0.326 e. The lowest BCUT2D eigenvalue weighted by atomic mass is 10.1. The van der Waals surface area contributed by atoms with Gasteiger partial charge in [0, 0.05) is 10.7 Å². The molecule has 0 saturated carbocycles. The molecule has 1 amide bonds. The third-order valence-electron chi connectivity index (χ3n) is 2.90.